The number of aromatic nitrogens is 1. The van der Waals surface area contributed by atoms with E-state index in [1.54, 1.807) is 13.2 Å². The number of aromatic carboxylic acids is 1. The zero-order valence-corrected chi connectivity index (χ0v) is 13.7. The molecule has 6 heteroatoms. The maximum absolute atomic E-state index is 11.1. The Morgan fingerprint density at radius 2 is 1.88 bits per heavy atom. The lowest BCUT2D eigenvalue weighted by Crippen LogP contribution is -2.46. The van der Waals surface area contributed by atoms with Gasteiger partial charge in [-0.2, -0.15) is 0 Å². The quantitative estimate of drug-likeness (QED) is 0.907. The number of hydrogen-bond donors (Lipinski definition) is 1. The summed E-state index contributed by atoms with van der Waals surface area (Å²) in [6.45, 7) is 4.30. The van der Waals surface area contributed by atoms with Gasteiger partial charge in [0.2, 0.25) is 0 Å². The molecule has 24 heavy (non-hydrogen) atoms. The lowest BCUT2D eigenvalue weighted by Gasteiger charge is -2.35. The fourth-order valence-electron chi connectivity index (χ4n) is 2.93. The van der Waals surface area contributed by atoms with Gasteiger partial charge >= 0.3 is 5.97 Å². The topological polar surface area (TPSA) is 65.9 Å². The van der Waals surface area contributed by atoms with E-state index in [1.165, 1.54) is 11.6 Å². The van der Waals surface area contributed by atoms with Crippen molar-refractivity contribution in [3.8, 4) is 5.75 Å². The number of para-hydroxylation sites is 1. The van der Waals surface area contributed by atoms with Crippen LogP contribution in [0, 0.1) is 0 Å². The molecule has 126 valence electrons. The maximum atomic E-state index is 11.1. The Morgan fingerprint density at radius 1 is 1.12 bits per heavy atom. The van der Waals surface area contributed by atoms with Gasteiger partial charge in [-0.3, -0.25) is 4.90 Å². The van der Waals surface area contributed by atoms with Crippen LogP contribution >= 0.6 is 0 Å². The first kappa shape index (κ1) is 16.3. The number of piperazine rings is 1. The Kier molecular flexibility index (Phi) is 4.96. The molecule has 1 aliphatic rings. The number of benzene rings is 1. The molecule has 2 aromatic rings. The van der Waals surface area contributed by atoms with Crippen molar-refractivity contribution in [2.24, 2.45) is 0 Å². The third kappa shape index (κ3) is 3.65. The van der Waals surface area contributed by atoms with E-state index in [1.807, 2.05) is 24.3 Å². The molecule has 0 amide bonds. The minimum atomic E-state index is -0.994. The molecule has 0 saturated carbocycles. The van der Waals surface area contributed by atoms with E-state index < -0.39 is 5.97 Å². The number of nitrogens with zero attached hydrogens (tertiary/aromatic N) is 3. The third-order valence-electron chi connectivity index (χ3n) is 4.24. The molecule has 1 aliphatic heterocycles. The van der Waals surface area contributed by atoms with Gasteiger partial charge in [0.25, 0.3) is 0 Å². The van der Waals surface area contributed by atoms with Crippen LogP contribution in [0.2, 0.25) is 0 Å². The largest absolute Gasteiger partial charge is 0.496 e. The summed E-state index contributed by atoms with van der Waals surface area (Å²) in [5.41, 5.74) is 1.27. The fourth-order valence-corrected chi connectivity index (χ4v) is 2.93. The zero-order chi connectivity index (χ0) is 16.9. The average molecular weight is 327 g/mol. The number of methoxy groups -OCH3 is 1. The van der Waals surface area contributed by atoms with E-state index in [0.717, 1.165) is 44.3 Å². The van der Waals surface area contributed by atoms with E-state index in [-0.39, 0.29) is 5.69 Å². The number of carboxylic acid groups (broad SMARTS) is 1. The van der Waals surface area contributed by atoms with Crippen LogP contribution in [0.25, 0.3) is 0 Å². The van der Waals surface area contributed by atoms with Crippen molar-refractivity contribution in [2.75, 3.05) is 38.2 Å². The molecule has 3 rings (SSSR count). The monoisotopic (exact) mass is 327 g/mol. The molecule has 1 saturated heterocycles. The SMILES string of the molecule is COc1ccccc1CN1CCN(c2cccc(C(=O)O)n2)CC1. The van der Waals surface area contributed by atoms with Crippen molar-refractivity contribution in [2.45, 2.75) is 6.54 Å². The van der Waals surface area contributed by atoms with Crippen LogP contribution in [0.3, 0.4) is 0 Å². The minimum absolute atomic E-state index is 0.0870. The molecule has 0 unspecified atom stereocenters. The molecule has 0 aliphatic carbocycles. The lowest BCUT2D eigenvalue weighted by atomic mass is 10.1. The van der Waals surface area contributed by atoms with Gasteiger partial charge in [-0.15, -0.1) is 0 Å². The van der Waals surface area contributed by atoms with Crippen LogP contribution in [0.4, 0.5) is 5.82 Å². The molecule has 1 aromatic heterocycles. The van der Waals surface area contributed by atoms with Gasteiger partial charge in [0, 0.05) is 38.3 Å². The van der Waals surface area contributed by atoms with Crippen LogP contribution < -0.4 is 9.64 Å². The van der Waals surface area contributed by atoms with Crippen molar-refractivity contribution >= 4 is 11.8 Å². The maximum Gasteiger partial charge on any atom is 0.354 e. The summed E-state index contributed by atoms with van der Waals surface area (Å²) in [5.74, 6) is 0.647. The average Bonchev–Trinajstić information content (AvgIpc) is 2.63. The first-order valence-electron chi connectivity index (χ1n) is 7.97. The van der Waals surface area contributed by atoms with Gasteiger partial charge in [-0.25, -0.2) is 9.78 Å². The second-order valence-corrected chi connectivity index (χ2v) is 5.76. The Hall–Kier alpha value is -2.60. The smallest absolute Gasteiger partial charge is 0.354 e. The number of carboxylic acids is 1. The lowest BCUT2D eigenvalue weighted by molar-refractivity contribution is 0.0690. The number of rotatable bonds is 5. The molecule has 0 radical (unpaired) electrons. The Morgan fingerprint density at radius 3 is 2.58 bits per heavy atom. The van der Waals surface area contributed by atoms with Crippen LogP contribution in [-0.4, -0.2) is 54.2 Å². The Balaban J connectivity index is 1.62. The molecular weight excluding hydrogens is 306 g/mol. The molecule has 0 atom stereocenters. The second kappa shape index (κ2) is 7.31. The normalized spacial score (nSPS) is 15.3. The second-order valence-electron chi connectivity index (χ2n) is 5.76. The van der Waals surface area contributed by atoms with Gasteiger partial charge in [0.1, 0.15) is 11.6 Å². The number of hydrogen-bond acceptors (Lipinski definition) is 5. The third-order valence-corrected chi connectivity index (χ3v) is 4.24. The number of pyridine rings is 1. The first-order chi connectivity index (χ1) is 11.7. The summed E-state index contributed by atoms with van der Waals surface area (Å²) in [6.07, 6.45) is 0. The van der Waals surface area contributed by atoms with E-state index in [9.17, 15) is 4.79 Å². The van der Waals surface area contributed by atoms with Crippen molar-refractivity contribution in [3.05, 3.63) is 53.7 Å². The van der Waals surface area contributed by atoms with Crippen molar-refractivity contribution in [3.63, 3.8) is 0 Å². The van der Waals surface area contributed by atoms with E-state index >= 15 is 0 Å². The number of ether oxygens (including phenoxy) is 1. The fraction of sp³-hybridized carbons (Fsp3) is 0.333. The standard InChI is InChI=1S/C18H21N3O3/c1-24-16-7-3-2-5-14(16)13-20-9-11-21(12-10-20)17-8-4-6-15(19-17)18(22)23/h2-8H,9-13H2,1H3,(H,22,23). The number of anilines is 1. The minimum Gasteiger partial charge on any atom is -0.496 e. The summed E-state index contributed by atoms with van der Waals surface area (Å²) in [6, 6.07) is 13.2. The van der Waals surface area contributed by atoms with Gasteiger partial charge in [-0.05, 0) is 18.2 Å². The highest BCUT2D eigenvalue weighted by Gasteiger charge is 2.19. The molecule has 0 bridgehead atoms. The molecule has 0 spiro atoms. The van der Waals surface area contributed by atoms with Crippen molar-refractivity contribution in [1.82, 2.24) is 9.88 Å². The number of carbonyl (C=O) groups is 1. The predicted octanol–water partition coefficient (Wildman–Crippen LogP) is 2.11. The highest BCUT2D eigenvalue weighted by atomic mass is 16.5. The summed E-state index contributed by atoms with van der Waals surface area (Å²) in [5, 5.41) is 9.06. The van der Waals surface area contributed by atoms with Crippen LogP contribution in [-0.2, 0) is 6.54 Å². The molecule has 1 N–H and O–H groups in total. The summed E-state index contributed by atoms with van der Waals surface area (Å²) < 4.78 is 5.41. The molecule has 6 nitrogen and oxygen atoms in total. The van der Waals surface area contributed by atoms with Crippen LogP contribution in [0.5, 0.6) is 5.75 Å². The van der Waals surface area contributed by atoms with Crippen molar-refractivity contribution < 1.29 is 14.6 Å². The van der Waals surface area contributed by atoms with Crippen LogP contribution in [0.1, 0.15) is 16.1 Å². The van der Waals surface area contributed by atoms with E-state index in [4.69, 9.17) is 9.84 Å². The van der Waals surface area contributed by atoms with E-state index in [0.29, 0.717) is 0 Å². The highest BCUT2D eigenvalue weighted by molar-refractivity contribution is 5.85. The molecule has 1 aromatic carbocycles. The predicted molar refractivity (Wildman–Crippen MR) is 91.7 cm³/mol. The highest BCUT2D eigenvalue weighted by Crippen LogP contribution is 2.21. The molecule has 1 fully saturated rings. The van der Waals surface area contributed by atoms with E-state index in [2.05, 4.69) is 20.9 Å². The van der Waals surface area contributed by atoms with Gasteiger partial charge in [-0.1, -0.05) is 24.3 Å². The van der Waals surface area contributed by atoms with Gasteiger partial charge in [0.05, 0.1) is 7.11 Å². The summed E-state index contributed by atoms with van der Waals surface area (Å²) in [7, 11) is 1.69. The summed E-state index contributed by atoms with van der Waals surface area (Å²) >= 11 is 0. The van der Waals surface area contributed by atoms with Gasteiger partial charge in [0.15, 0.2) is 5.69 Å². The zero-order valence-electron chi connectivity index (χ0n) is 13.7. The van der Waals surface area contributed by atoms with Crippen LogP contribution in [0.15, 0.2) is 42.5 Å². The molecule has 2 heterocycles. The first-order valence-corrected chi connectivity index (χ1v) is 7.97. The Labute approximate surface area is 141 Å². The van der Waals surface area contributed by atoms with Gasteiger partial charge < -0.3 is 14.7 Å². The Bertz CT molecular complexity index is 712. The summed E-state index contributed by atoms with van der Waals surface area (Å²) in [4.78, 5) is 19.8. The molecular formula is C18H21N3O3. The van der Waals surface area contributed by atoms with Crippen molar-refractivity contribution in [1.29, 1.82) is 0 Å².